The van der Waals surface area contributed by atoms with E-state index < -0.39 is 5.91 Å². The molecule has 0 atom stereocenters. The monoisotopic (exact) mass is 266 g/mol. The number of rotatable bonds is 4. The summed E-state index contributed by atoms with van der Waals surface area (Å²) in [5.74, 6) is -1.21. The zero-order valence-corrected chi connectivity index (χ0v) is 11.2. The van der Waals surface area contributed by atoms with Gasteiger partial charge in [-0.1, -0.05) is 0 Å². The summed E-state index contributed by atoms with van der Waals surface area (Å²) in [5.41, 5.74) is 0.0395. The van der Waals surface area contributed by atoms with Crippen LogP contribution in [0.25, 0.3) is 0 Å². The van der Waals surface area contributed by atoms with Gasteiger partial charge in [0.25, 0.3) is 5.91 Å². The molecule has 3 N–H and O–H groups in total. The Kier molecular flexibility index (Phi) is 4.74. The predicted molar refractivity (Wildman–Crippen MR) is 70.0 cm³/mol. The summed E-state index contributed by atoms with van der Waals surface area (Å²) in [6, 6.07) is 3.69. The third-order valence-electron chi connectivity index (χ3n) is 2.39. The first kappa shape index (κ1) is 14.8. The van der Waals surface area contributed by atoms with Crippen LogP contribution in [0.15, 0.2) is 18.2 Å². The van der Waals surface area contributed by atoms with Gasteiger partial charge < -0.3 is 20.4 Å². The maximum atomic E-state index is 12.0. The van der Waals surface area contributed by atoms with Crippen LogP contribution in [-0.4, -0.2) is 46.6 Å². The number of benzene rings is 1. The van der Waals surface area contributed by atoms with Gasteiger partial charge in [0.15, 0.2) is 0 Å². The minimum absolute atomic E-state index is 0.00178. The third-order valence-corrected chi connectivity index (χ3v) is 2.39. The topological polar surface area (TPSA) is 89.9 Å². The van der Waals surface area contributed by atoms with Crippen LogP contribution in [-0.2, 0) is 4.79 Å². The largest absolute Gasteiger partial charge is 0.508 e. The molecule has 6 nitrogen and oxygen atoms in total. The zero-order valence-electron chi connectivity index (χ0n) is 11.2. The fourth-order valence-corrected chi connectivity index (χ4v) is 1.56. The lowest BCUT2D eigenvalue weighted by atomic mass is 10.1. The molecule has 1 rings (SSSR count). The van der Waals surface area contributed by atoms with Crippen molar-refractivity contribution in [2.75, 3.05) is 13.6 Å². The highest BCUT2D eigenvalue weighted by Crippen LogP contribution is 2.23. The second-order valence-electron chi connectivity index (χ2n) is 4.58. The molecule has 1 aromatic carbocycles. The molecule has 0 aliphatic carbocycles. The molecule has 6 heteroatoms. The molecule has 0 aliphatic rings. The molecule has 0 radical (unpaired) electrons. The van der Waals surface area contributed by atoms with E-state index in [1.807, 2.05) is 13.8 Å². The molecule has 0 aromatic heterocycles. The van der Waals surface area contributed by atoms with Crippen LogP contribution in [0.3, 0.4) is 0 Å². The second kappa shape index (κ2) is 6.08. The quantitative estimate of drug-likeness (QED) is 0.748. The summed E-state index contributed by atoms with van der Waals surface area (Å²) in [4.78, 5) is 24.7. The number of amides is 2. The van der Waals surface area contributed by atoms with Gasteiger partial charge >= 0.3 is 0 Å². The lowest BCUT2D eigenvalue weighted by molar-refractivity contribution is -0.122. The van der Waals surface area contributed by atoms with Crippen molar-refractivity contribution < 1.29 is 19.8 Å². The molecule has 0 saturated carbocycles. The Balaban J connectivity index is 2.74. The van der Waals surface area contributed by atoms with Gasteiger partial charge in [-0.25, -0.2) is 0 Å². The second-order valence-corrected chi connectivity index (χ2v) is 4.58. The van der Waals surface area contributed by atoms with E-state index in [1.54, 1.807) is 0 Å². The van der Waals surface area contributed by atoms with E-state index >= 15 is 0 Å². The van der Waals surface area contributed by atoms with Gasteiger partial charge in [0, 0.05) is 19.2 Å². The van der Waals surface area contributed by atoms with Gasteiger partial charge in [-0.2, -0.15) is 0 Å². The molecule has 0 spiro atoms. The Morgan fingerprint density at radius 2 is 1.95 bits per heavy atom. The molecular formula is C13H18N2O4. The molecule has 0 unspecified atom stereocenters. The van der Waals surface area contributed by atoms with Crippen molar-refractivity contribution in [1.29, 1.82) is 0 Å². The maximum absolute atomic E-state index is 12.0. The number of nitrogens with zero attached hydrogens (tertiary/aromatic N) is 1. The molecule has 104 valence electrons. The minimum atomic E-state index is -0.489. The number of hydrogen-bond donors (Lipinski definition) is 3. The fraction of sp³-hybridized carbons (Fsp3) is 0.385. The van der Waals surface area contributed by atoms with E-state index in [-0.39, 0.29) is 35.6 Å². The van der Waals surface area contributed by atoms with Crippen LogP contribution in [0.2, 0.25) is 0 Å². The first-order chi connectivity index (χ1) is 8.81. The van der Waals surface area contributed by atoms with Crippen molar-refractivity contribution in [2.24, 2.45) is 0 Å². The fourth-order valence-electron chi connectivity index (χ4n) is 1.56. The lowest BCUT2D eigenvalue weighted by Crippen LogP contribution is -2.40. The van der Waals surface area contributed by atoms with E-state index in [0.717, 1.165) is 6.07 Å². The Labute approximate surface area is 111 Å². The number of aromatic hydroxyl groups is 2. The molecule has 0 bridgehead atoms. The average molecular weight is 266 g/mol. The van der Waals surface area contributed by atoms with Gasteiger partial charge in [-0.3, -0.25) is 9.59 Å². The number of carbonyl (C=O) groups excluding carboxylic acids is 2. The van der Waals surface area contributed by atoms with Crippen molar-refractivity contribution in [1.82, 2.24) is 10.2 Å². The molecular weight excluding hydrogens is 248 g/mol. The molecule has 0 saturated heterocycles. The molecule has 2 amide bonds. The summed E-state index contributed by atoms with van der Waals surface area (Å²) in [7, 11) is 1.47. The molecule has 0 heterocycles. The average Bonchev–Trinajstić information content (AvgIpc) is 2.26. The highest BCUT2D eigenvalue weighted by atomic mass is 16.3. The van der Waals surface area contributed by atoms with Gasteiger partial charge in [0.2, 0.25) is 5.91 Å². The van der Waals surface area contributed by atoms with Crippen molar-refractivity contribution in [3.05, 3.63) is 23.8 Å². The van der Waals surface area contributed by atoms with Crippen LogP contribution in [0, 0.1) is 0 Å². The van der Waals surface area contributed by atoms with Crippen LogP contribution < -0.4 is 5.32 Å². The Morgan fingerprint density at radius 1 is 1.32 bits per heavy atom. The van der Waals surface area contributed by atoms with Gasteiger partial charge in [0.1, 0.15) is 11.5 Å². The van der Waals surface area contributed by atoms with E-state index in [1.165, 1.54) is 24.1 Å². The number of carbonyl (C=O) groups is 2. The van der Waals surface area contributed by atoms with E-state index in [2.05, 4.69) is 5.32 Å². The Bertz CT molecular complexity index is 486. The summed E-state index contributed by atoms with van der Waals surface area (Å²) >= 11 is 0. The molecule has 19 heavy (non-hydrogen) atoms. The van der Waals surface area contributed by atoms with Crippen molar-refractivity contribution in [3.8, 4) is 11.5 Å². The zero-order chi connectivity index (χ0) is 14.6. The van der Waals surface area contributed by atoms with Crippen molar-refractivity contribution in [2.45, 2.75) is 19.9 Å². The lowest BCUT2D eigenvalue weighted by Gasteiger charge is -2.18. The first-order valence-electron chi connectivity index (χ1n) is 5.88. The highest BCUT2D eigenvalue weighted by Gasteiger charge is 2.18. The summed E-state index contributed by atoms with van der Waals surface area (Å²) in [6.07, 6.45) is 0. The number of hydrogen-bond acceptors (Lipinski definition) is 4. The maximum Gasteiger partial charge on any atom is 0.257 e. The van der Waals surface area contributed by atoms with Gasteiger partial charge in [-0.05, 0) is 26.0 Å². The van der Waals surface area contributed by atoms with E-state index in [4.69, 9.17) is 5.11 Å². The number of nitrogens with one attached hydrogen (secondary N) is 1. The first-order valence-corrected chi connectivity index (χ1v) is 5.88. The molecule has 0 aliphatic heterocycles. The normalized spacial score (nSPS) is 10.3. The summed E-state index contributed by atoms with van der Waals surface area (Å²) in [5, 5.41) is 21.4. The number of likely N-dealkylation sites (N-methyl/N-ethyl adjacent to an activating group) is 1. The van der Waals surface area contributed by atoms with Crippen LogP contribution in [0.1, 0.15) is 24.2 Å². The SMILES string of the molecule is CC(C)NC(=O)CN(C)C(=O)c1ccc(O)cc1O. The van der Waals surface area contributed by atoms with E-state index in [9.17, 15) is 14.7 Å². The van der Waals surface area contributed by atoms with Gasteiger partial charge in [0.05, 0.1) is 12.1 Å². The third kappa shape index (κ3) is 4.17. The Morgan fingerprint density at radius 3 is 2.47 bits per heavy atom. The van der Waals surface area contributed by atoms with Crippen LogP contribution in [0.4, 0.5) is 0 Å². The minimum Gasteiger partial charge on any atom is -0.508 e. The summed E-state index contributed by atoms with van der Waals surface area (Å²) < 4.78 is 0. The number of phenolic OH excluding ortho intramolecular Hbond substituents is 2. The van der Waals surface area contributed by atoms with Crippen molar-refractivity contribution >= 4 is 11.8 Å². The van der Waals surface area contributed by atoms with E-state index in [0.29, 0.717) is 0 Å². The highest BCUT2D eigenvalue weighted by molar-refractivity contribution is 5.98. The smallest absolute Gasteiger partial charge is 0.257 e. The van der Waals surface area contributed by atoms with Crippen LogP contribution in [0.5, 0.6) is 11.5 Å². The van der Waals surface area contributed by atoms with Crippen LogP contribution >= 0.6 is 0 Å². The summed E-state index contributed by atoms with van der Waals surface area (Å²) in [6.45, 7) is 3.55. The molecule has 0 fully saturated rings. The standard InChI is InChI=1S/C13H18N2O4/c1-8(2)14-12(18)7-15(3)13(19)10-5-4-9(16)6-11(10)17/h4-6,8,16-17H,7H2,1-3H3,(H,14,18). The Hall–Kier alpha value is -2.24. The van der Waals surface area contributed by atoms with Gasteiger partial charge in [-0.15, -0.1) is 0 Å². The predicted octanol–water partition coefficient (Wildman–Crippen LogP) is 0.694. The van der Waals surface area contributed by atoms with Crippen molar-refractivity contribution in [3.63, 3.8) is 0 Å². The molecule has 1 aromatic rings. The number of phenols is 2.